The van der Waals surface area contributed by atoms with E-state index in [2.05, 4.69) is 4.74 Å². The lowest BCUT2D eigenvalue weighted by Crippen LogP contribution is -2.41. The zero-order chi connectivity index (χ0) is 21.3. The van der Waals surface area contributed by atoms with E-state index in [9.17, 15) is 19.5 Å². The van der Waals surface area contributed by atoms with Crippen molar-refractivity contribution in [3.05, 3.63) is 59.7 Å². The van der Waals surface area contributed by atoms with Crippen LogP contribution in [0.15, 0.2) is 48.5 Å². The van der Waals surface area contributed by atoms with Gasteiger partial charge in [0, 0.05) is 12.5 Å². The Hall–Kier alpha value is -3.35. The second-order valence-electron chi connectivity index (χ2n) is 7.69. The SMILES string of the molecule is COC(=O)CC1CC(C(=O)O)N(C(=O)OCC2c3ccccc3-c3ccccc32)C1. The van der Waals surface area contributed by atoms with Crippen molar-refractivity contribution in [1.29, 1.82) is 0 Å². The molecule has 0 aromatic heterocycles. The van der Waals surface area contributed by atoms with Crippen molar-refractivity contribution in [3.63, 3.8) is 0 Å². The van der Waals surface area contributed by atoms with Crippen LogP contribution in [0.4, 0.5) is 4.79 Å². The number of carbonyl (C=O) groups excluding carboxylic acids is 2. The summed E-state index contributed by atoms with van der Waals surface area (Å²) in [6.07, 6.45) is -0.390. The fourth-order valence-electron chi connectivity index (χ4n) is 4.50. The van der Waals surface area contributed by atoms with E-state index >= 15 is 0 Å². The molecular formula is C23H23NO6. The summed E-state index contributed by atoms with van der Waals surface area (Å²) in [6, 6.07) is 15.0. The standard InChI is InChI=1S/C23H23NO6/c1-29-21(25)11-14-10-20(22(26)27)24(12-14)23(28)30-13-19-17-8-4-2-6-15(17)16-7-3-5-9-18(16)19/h2-9,14,19-20H,10-13H2,1H3,(H,26,27). The smallest absolute Gasteiger partial charge is 0.410 e. The van der Waals surface area contributed by atoms with Crippen LogP contribution in [0.1, 0.15) is 29.9 Å². The van der Waals surface area contributed by atoms with Gasteiger partial charge in [-0.15, -0.1) is 0 Å². The van der Waals surface area contributed by atoms with Crippen LogP contribution >= 0.6 is 0 Å². The number of rotatable bonds is 5. The molecule has 0 bridgehead atoms. The van der Waals surface area contributed by atoms with Gasteiger partial charge in [0.25, 0.3) is 0 Å². The van der Waals surface area contributed by atoms with Crippen LogP contribution in [0.5, 0.6) is 0 Å². The van der Waals surface area contributed by atoms with Crippen molar-refractivity contribution in [2.24, 2.45) is 5.92 Å². The fourth-order valence-corrected chi connectivity index (χ4v) is 4.50. The van der Waals surface area contributed by atoms with E-state index in [1.807, 2.05) is 48.5 Å². The first kappa shape index (κ1) is 19.9. The normalized spacial score (nSPS) is 19.8. The summed E-state index contributed by atoms with van der Waals surface area (Å²) in [6.45, 7) is 0.278. The molecule has 7 nitrogen and oxygen atoms in total. The number of carboxylic acid groups (broad SMARTS) is 1. The van der Waals surface area contributed by atoms with Gasteiger partial charge in [0.1, 0.15) is 12.6 Å². The Bertz CT molecular complexity index is 942. The van der Waals surface area contributed by atoms with Crippen LogP contribution in [-0.2, 0) is 19.1 Å². The number of hydrogen-bond acceptors (Lipinski definition) is 5. The van der Waals surface area contributed by atoms with Gasteiger partial charge in [-0.3, -0.25) is 9.69 Å². The molecule has 7 heteroatoms. The van der Waals surface area contributed by atoms with E-state index in [4.69, 9.17) is 4.74 Å². The summed E-state index contributed by atoms with van der Waals surface area (Å²) >= 11 is 0. The minimum atomic E-state index is -1.10. The summed E-state index contributed by atoms with van der Waals surface area (Å²) in [5.74, 6) is -1.88. The highest BCUT2D eigenvalue weighted by Gasteiger charge is 2.41. The van der Waals surface area contributed by atoms with Crippen molar-refractivity contribution < 1.29 is 29.0 Å². The Kier molecular flexibility index (Phi) is 5.44. The third-order valence-corrected chi connectivity index (χ3v) is 5.93. The molecule has 2 aromatic rings. The van der Waals surface area contributed by atoms with Crippen LogP contribution < -0.4 is 0 Å². The first-order chi connectivity index (χ1) is 14.5. The van der Waals surface area contributed by atoms with Crippen LogP contribution in [0.3, 0.4) is 0 Å². The van der Waals surface area contributed by atoms with E-state index in [0.29, 0.717) is 0 Å². The number of methoxy groups -OCH3 is 1. The Morgan fingerprint density at radius 2 is 1.63 bits per heavy atom. The summed E-state index contributed by atoms with van der Waals surface area (Å²) in [5, 5.41) is 9.52. The van der Waals surface area contributed by atoms with Crippen molar-refractivity contribution in [3.8, 4) is 11.1 Å². The van der Waals surface area contributed by atoms with Gasteiger partial charge < -0.3 is 14.6 Å². The number of amides is 1. The molecule has 1 fully saturated rings. The molecule has 2 aliphatic rings. The second-order valence-corrected chi connectivity index (χ2v) is 7.69. The molecule has 2 unspecified atom stereocenters. The highest BCUT2D eigenvalue weighted by molar-refractivity contribution is 5.82. The van der Waals surface area contributed by atoms with Crippen LogP contribution in [0.25, 0.3) is 11.1 Å². The molecule has 30 heavy (non-hydrogen) atoms. The number of benzene rings is 2. The lowest BCUT2D eigenvalue weighted by atomic mass is 9.98. The monoisotopic (exact) mass is 409 g/mol. The first-order valence-corrected chi connectivity index (χ1v) is 9.90. The Morgan fingerprint density at radius 1 is 1.03 bits per heavy atom. The maximum absolute atomic E-state index is 12.8. The summed E-state index contributed by atoms with van der Waals surface area (Å²) in [4.78, 5) is 37.2. The number of esters is 1. The van der Waals surface area contributed by atoms with Gasteiger partial charge in [-0.05, 0) is 34.6 Å². The molecule has 1 N–H and O–H groups in total. The molecule has 0 saturated carbocycles. The van der Waals surface area contributed by atoms with Gasteiger partial charge in [0.2, 0.25) is 0 Å². The minimum Gasteiger partial charge on any atom is -0.480 e. The number of fused-ring (bicyclic) bond motifs is 3. The third-order valence-electron chi connectivity index (χ3n) is 5.93. The Balaban J connectivity index is 1.48. The lowest BCUT2D eigenvalue weighted by Gasteiger charge is -2.22. The summed E-state index contributed by atoms with van der Waals surface area (Å²) in [7, 11) is 1.29. The molecular weight excluding hydrogens is 386 g/mol. The highest BCUT2D eigenvalue weighted by Crippen LogP contribution is 2.44. The van der Waals surface area contributed by atoms with E-state index in [0.717, 1.165) is 22.3 Å². The molecule has 1 amide bonds. The van der Waals surface area contributed by atoms with Gasteiger partial charge in [0.05, 0.1) is 13.5 Å². The molecule has 156 valence electrons. The zero-order valence-electron chi connectivity index (χ0n) is 16.6. The van der Waals surface area contributed by atoms with E-state index in [-0.39, 0.29) is 37.8 Å². The Morgan fingerprint density at radius 3 is 2.20 bits per heavy atom. The van der Waals surface area contributed by atoms with Gasteiger partial charge in [-0.25, -0.2) is 9.59 Å². The first-order valence-electron chi connectivity index (χ1n) is 9.90. The predicted molar refractivity (Wildman–Crippen MR) is 108 cm³/mol. The number of carboxylic acids is 1. The maximum atomic E-state index is 12.8. The number of carbonyl (C=O) groups is 3. The molecule has 2 atom stereocenters. The average molecular weight is 409 g/mol. The average Bonchev–Trinajstić information content (AvgIpc) is 3.32. The van der Waals surface area contributed by atoms with Crippen LogP contribution in [-0.4, -0.2) is 54.3 Å². The van der Waals surface area contributed by atoms with Gasteiger partial charge >= 0.3 is 18.0 Å². The van der Waals surface area contributed by atoms with Gasteiger partial charge in [0.15, 0.2) is 0 Å². The zero-order valence-corrected chi connectivity index (χ0v) is 16.6. The second kappa shape index (κ2) is 8.18. The van der Waals surface area contributed by atoms with Gasteiger partial charge in [-0.2, -0.15) is 0 Å². The van der Waals surface area contributed by atoms with Crippen LogP contribution in [0.2, 0.25) is 0 Å². The molecule has 0 radical (unpaired) electrons. The Labute approximate surface area is 174 Å². The van der Waals surface area contributed by atoms with E-state index in [1.165, 1.54) is 12.0 Å². The van der Waals surface area contributed by atoms with E-state index < -0.39 is 24.1 Å². The molecule has 1 aliphatic heterocycles. The molecule has 1 heterocycles. The minimum absolute atomic E-state index is 0.0768. The summed E-state index contributed by atoms with van der Waals surface area (Å²) in [5.41, 5.74) is 4.42. The van der Waals surface area contributed by atoms with Crippen LogP contribution in [0, 0.1) is 5.92 Å². The number of hydrogen-bond donors (Lipinski definition) is 1. The topological polar surface area (TPSA) is 93.1 Å². The molecule has 0 spiro atoms. The number of nitrogens with zero attached hydrogens (tertiary/aromatic N) is 1. The number of ether oxygens (including phenoxy) is 2. The quantitative estimate of drug-likeness (QED) is 0.762. The summed E-state index contributed by atoms with van der Waals surface area (Å²) < 4.78 is 10.3. The van der Waals surface area contributed by atoms with Gasteiger partial charge in [-0.1, -0.05) is 48.5 Å². The number of likely N-dealkylation sites (tertiary alicyclic amines) is 1. The fraction of sp³-hybridized carbons (Fsp3) is 0.348. The molecule has 4 rings (SSSR count). The number of aliphatic carboxylic acids is 1. The molecule has 2 aromatic carbocycles. The maximum Gasteiger partial charge on any atom is 0.410 e. The largest absolute Gasteiger partial charge is 0.480 e. The molecule has 1 aliphatic carbocycles. The third kappa shape index (κ3) is 3.63. The molecule has 1 saturated heterocycles. The predicted octanol–water partition coefficient (Wildman–Crippen LogP) is 3.27. The van der Waals surface area contributed by atoms with Crippen molar-refractivity contribution >= 4 is 18.0 Å². The van der Waals surface area contributed by atoms with E-state index in [1.54, 1.807) is 0 Å². The highest BCUT2D eigenvalue weighted by atomic mass is 16.6. The lowest BCUT2D eigenvalue weighted by molar-refractivity contribution is -0.143. The van der Waals surface area contributed by atoms with Crippen molar-refractivity contribution in [2.75, 3.05) is 20.3 Å². The van der Waals surface area contributed by atoms with Crippen molar-refractivity contribution in [1.82, 2.24) is 4.90 Å². The van der Waals surface area contributed by atoms with Crippen molar-refractivity contribution in [2.45, 2.75) is 24.8 Å².